The van der Waals surface area contributed by atoms with E-state index in [0.29, 0.717) is 28.2 Å². The summed E-state index contributed by atoms with van der Waals surface area (Å²) >= 11 is 0. The molecule has 0 atom stereocenters. The van der Waals surface area contributed by atoms with E-state index < -0.39 is 0 Å². The fourth-order valence-corrected chi connectivity index (χ4v) is 2.92. The van der Waals surface area contributed by atoms with Crippen molar-refractivity contribution in [1.29, 1.82) is 0 Å². The van der Waals surface area contributed by atoms with Crippen molar-refractivity contribution in [2.24, 2.45) is 0 Å². The van der Waals surface area contributed by atoms with E-state index in [4.69, 9.17) is 14.2 Å². The number of ether oxygens (including phenoxy) is 3. The third-order valence-electron chi connectivity index (χ3n) is 4.30. The van der Waals surface area contributed by atoms with E-state index in [0.717, 1.165) is 10.9 Å². The number of hydrogen-bond acceptors (Lipinski definition) is 5. The van der Waals surface area contributed by atoms with Crippen LogP contribution in [0.1, 0.15) is 15.9 Å². The lowest BCUT2D eigenvalue weighted by molar-refractivity contribution is 0.0951. The van der Waals surface area contributed by atoms with Crippen molar-refractivity contribution in [2.75, 3.05) is 21.3 Å². The van der Waals surface area contributed by atoms with Crippen LogP contribution in [0.25, 0.3) is 10.8 Å². The fourth-order valence-electron chi connectivity index (χ4n) is 2.92. The van der Waals surface area contributed by atoms with Crippen molar-refractivity contribution in [3.63, 3.8) is 0 Å². The molecule has 0 bridgehead atoms. The minimum Gasteiger partial charge on any atom is -0.507 e. The Kier molecular flexibility index (Phi) is 5.35. The number of nitrogens with one attached hydrogen (secondary N) is 1. The van der Waals surface area contributed by atoms with Gasteiger partial charge < -0.3 is 24.6 Å². The van der Waals surface area contributed by atoms with E-state index in [-0.39, 0.29) is 18.2 Å². The van der Waals surface area contributed by atoms with Gasteiger partial charge >= 0.3 is 0 Å². The summed E-state index contributed by atoms with van der Waals surface area (Å²) in [5.74, 6) is 1.45. The summed E-state index contributed by atoms with van der Waals surface area (Å²) in [6, 6.07) is 14.0. The summed E-state index contributed by atoms with van der Waals surface area (Å²) in [5, 5.41) is 14.4. The van der Waals surface area contributed by atoms with Crippen molar-refractivity contribution in [2.45, 2.75) is 6.54 Å². The van der Waals surface area contributed by atoms with Crippen LogP contribution < -0.4 is 19.5 Å². The Balaban J connectivity index is 1.80. The molecule has 0 aliphatic carbocycles. The third kappa shape index (κ3) is 3.74. The zero-order chi connectivity index (χ0) is 19.4. The number of carbonyl (C=O) groups excluding carboxylic acids is 1. The molecule has 3 rings (SSSR count). The summed E-state index contributed by atoms with van der Waals surface area (Å²) in [7, 11) is 4.62. The molecule has 6 heteroatoms. The summed E-state index contributed by atoms with van der Waals surface area (Å²) in [4.78, 5) is 12.5. The van der Waals surface area contributed by atoms with Crippen LogP contribution >= 0.6 is 0 Å². The molecule has 3 aromatic rings. The van der Waals surface area contributed by atoms with Crippen molar-refractivity contribution >= 4 is 16.7 Å². The average molecular weight is 367 g/mol. The van der Waals surface area contributed by atoms with Crippen LogP contribution in [0.3, 0.4) is 0 Å². The number of benzene rings is 3. The maximum atomic E-state index is 12.5. The second-order valence-corrected chi connectivity index (χ2v) is 5.93. The molecule has 1 amide bonds. The number of hydrogen-bond donors (Lipinski definition) is 2. The van der Waals surface area contributed by atoms with Crippen molar-refractivity contribution in [3.8, 4) is 23.0 Å². The predicted octanol–water partition coefficient (Wildman–Crippen LogP) is 3.50. The number of rotatable bonds is 6. The van der Waals surface area contributed by atoms with Gasteiger partial charge in [0.15, 0.2) is 11.5 Å². The number of carbonyl (C=O) groups is 1. The largest absolute Gasteiger partial charge is 0.507 e. The normalized spacial score (nSPS) is 10.5. The predicted molar refractivity (Wildman–Crippen MR) is 103 cm³/mol. The Morgan fingerprint density at radius 2 is 1.67 bits per heavy atom. The minimum absolute atomic E-state index is 0.145. The lowest BCUT2D eigenvalue weighted by Crippen LogP contribution is -2.22. The lowest BCUT2D eigenvalue weighted by atomic mass is 10.1. The molecular weight excluding hydrogens is 346 g/mol. The van der Waals surface area contributed by atoms with Gasteiger partial charge in [0.1, 0.15) is 5.75 Å². The Morgan fingerprint density at radius 1 is 0.963 bits per heavy atom. The second kappa shape index (κ2) is 7.86. The molecule has 0 aromatic heterocycles. The quantitative estimate of drug-likeness (QED) is 0.697. The zero-order valence-corrected chi connectivity index (χ0v) is 15.4. The van der Waals surface area contributed by atoms with E-state index in [1.165, 1.54) is 7.11 Å². The van der Waals surface area contributed by atoms with Gasteiger partial charge in [0, 0.05) is 17.5 Å². The van der Waals surface area contributed by atoms with Crippen LogP contribution in [0.5, 0.6) is 23.0 Å². The SMILES string of the molecule is COc1cc(CNC(=O)c2ccc3cccc(O)c3c2)cc(OC)c1OC. The first-order valence-electron chi connectivity index (χ1n) is 8.36. The highest BCUT2D eigenvalue weighted by atomic mass is 16.5. The van der Waals surface area contributed by atoms with Gasteiger partial charge in [-0.05, 0) is 41.3 Å². The van der Waals surface area contributed by atoms with Crippen LogP contribution in [0.2, 0.25) is 0 Å². The highest BCUT2D eigenvalue weighted by Gasteiger charge is 2.14. The zero-order valence-electron chi connectivity index (χ0n) is 15.4. The number of methoxy groups -OCH3 is 3. The molecule has 2 N–H and O–H groups in total. The van der Waals surface area contributed by atoms with E-state index in [9.17, 15) is 9.90 Å². The Morgan fingerprint density at radius 3 is 2.30 bits per heavy atom. The van der Waals surface area contributed by atoms with Crippen molar-refractivity contribution in [1.82, 2.24) is 5.32 Å². The topological polar surface area (TPSA) is 77.0 Å². The first kappa shape index (κ1) is 18.4. The van der Waals surface area contributed by atoms with Gasteiger partial charge in [0.05, 0.1) is 21.3 Å². The van der Waals surface area contributed by atoms with E-state index in [1.807, 2.05) is 12.1 Å². The second-order valence-electron chi connectivity index (χ2n) is 5.93. The summed E-state index contributed by atoms with van der Waals surface area (Å²) in [5.41, 5.74) is 1.28. The number of phenols is 1. The molecule has 27 heavy (non-hydrogen) atoms. The first-order valence-corrected chi connectivity index (χ1v) is 8.36. The molecule has 0 aliphatic heterocycles. The van der Waals surface area contributed by atoms with Crippen LogP contribution in [0.4, 0.5) is 0 Å². The Labute approximate surface area is 157 Å². The molecule has 0 saturated heterocycles. The van der Waals surface area contributed by atoms with Gasteiger partial charge in [0.2, 0.25) is 5.75 Å². The molecule has 140 valence electrons. The van der Waals surface area contributed by atoms with Gasteiger partial charge in [-0.25, -0.2) is 0 Å². The fraction of sp³-hybridized carbons (Fsp3) is 0.190. The van der Waals surface area contributed by atoms with Gasteiger partial charge in [-0.2, -0.15) is 0 Å². The Bertz CT molecular complexity index is 958. The number of fused-ring (bicyclic) bond motifs is 1. The van der Waals surface area contributed by atoms with Crippen LogP contribution in [0, 0.1) is 0 Å². The monoisotopic (exact) mass is 367 g/mol. The molecule has 6 nitrogen and oxygen atoms in total. The van der Waals surface area contributed by atoms with E-state index >= 15 is 0 Å². The van der Waals surface area contributed by atoms with Crippen molar-refractivity contribution in [3.05, 3.63) is 59.7 Å². The molecule has 3 aromatic carbocycles. The Hall–Kier alpha value is -3.41. The highest BCUT2D eigenvalue weighted by molar-refractivity contribution is 6.00. The molecule has 0 fully saturated rings. The molecule has 0 radical (unpaired) electrons. The van der Waals surface area contributed by atoms with Gasteiger partial charge in [0.25, 0.3) is 5.91 Å². The molecule has 0 spiro atoms. The van der Waals surface area contributed by atoms with Gasteiger partial charge in [-0.3, -0.25) is 4.79 Å². The lowest BCUT2D eigenvalue weighted by Gasteiger charge is -2.14. The summed E-state index contributed by atoms with van der Waals surface area (Å²) in [6.07, 6.45) is 0. The maximum absolute atomic E-state index is 12.5. The van der Waals surface area contributed by atoms with Gasteiger partial charge in [-0.1, -0.05) is 18.2 Å². The smallest absolute Gasteiger partial charge is 0.251 e. The van der Waals surface area contributed by atoms with E-state index in [1.54, 1.807) is 50.6 Å². The number of aromatic hydroxyl groups is 1. The van der Waals surface area contributed by atoms with Crippen LogP contribution in [0.15, 0.2) is 48.5 Å². The number of amides is 1. The van der Waals surface area contributed by atoms with Crippen LogP contribution in [-0.4, -0.2) is 32.3 Å². The molecule has 0 heterocycles. The van der Waals surface area contributed by atoms with Crippen molar-refractivity contribution < 1.29 is 24.1 Å². The summed E-state index contributed by atoms with van der Waals surface area (Å²) < 4.78 is 16.0. The first-order chi connectivity index (χ1) is 13.1. The molecular formula is C21H21NO5. The molecule has 0 unspecified atom stereocenters. The van der Waals surface area contributed by atoms with E-state index in [2.05, 4.69) is 5.32 Å². The summed E-state index contributed by atoms with van der Waals surface area (Å²) in [6.45, 7) is 0.286. The standard InChI is InChI=1S/C21H21NO5/c1-25-18-9-13(10-19(26-2)20(18)27-3)12-22-21(24)15-8-7-14-5-4-6-17(23)16(14)11-15/h4-11,23H,12H2,1-3H3,(H,22,24). The highest BCUT2D eigenvalue weighted by Crippen LogP contribution is 2.38. The van der Waals surface area contributed by atoms with Crippen LogP contribution in [-0.2, 0) is 6.54 Å². The average Bonchev–Trinajstić information content (AvgIpc) is 2.71. The minimum atomic E-state index is -0.242. The number of phenolic OH excluding ortho intramolecular Hbond substituents is 1. The molecule has 0 aliphatic rings. The molecule has 0 saturated carbocycles. The van der Waals surface area contributed by atoms with Gasteiger partial charge in [-0.15, -0.1) is 0 Å². The third-order valence-corrected chi connectivity index (χ3v) is 4.30. The maximum Gasteiger partial charge on any atom is 0.251 e.